The van der Waals surface area contributed by atoms with E-state index in [1.165, 1.54) is 12.1 Å². The third-order valence-corrected chi connectivity index (χ3v) is 3.96. The topological polar surface area (TPSA) is 72.9 Å². The molecule has 0 spiro atoms. The second-order valence-corrected chi connectivity index (χ2v) is 5.84. The molecule has 2 N–H and O–H groups in total. The number of likely N-dealkylation sites (N-methyl/N-ethyl adjacent to an activating group) is 2. The van der Waals surface area contributed by atoms with Gasteiger partial charge in [0.1, 0.15) is 0 Å². The fourth-order valence-corrected chi connectivity index (χ4v) is 2.29. The second kappa shape index (κ2) is 8.73. The maximum absolute atomic E-state index is 12.1. The van der Waals surface area contributed by atoms with Gasteiger partial charge >= 0.3 is 12.0 Å². The molecule has 2 aromatic rings. The quantitative estimate of drug-likeness (QED) is 0.812. The monoisotopic (exact) mass is 341 g/mol. The largest absolute Gasteiger partial charge is 0.478 e. The number of carboxylic acid groups (broad SMARTS) is 1. The van der Waals surface area contributed by atoms with E-state index in [0.29, 0.717) is 13.1 Å². The maximum atomic E-state index is 12.1. The molecular weight excluding hydrogens is 318 g/mol. The lowest BCUT2D eigenvalue weighted by molar-refractivity contribution is 0.0697. The minimum absolute atomic E-state index is 0.163. The fourth-order valence-electron chi connectivity index (χ4n) is 2.29. The highest BCUT2D eigenvalue weighted by Gasteiger charge is 2.10. The predicted octanol–water partition coefficient (Wildman–Crippen LogP) is 2.66. The molecule has 0 heterocycles. The number of nitrogens with zero attached hydrogens (tertiary/aromatic N) is 2. The number of rotatable bonds is 7. The molecule has 0 fully saturated rings. The van der Waals surface area contributed by atoms with Gasteiger partial charge in [0.25, 0.3) is 0 Å². The van der Waals surface area contributed by atoms with Crippen LogP contribution in [0.1, 0.15) is 15.9 Å². The normalized spacial score (nSPS) is 10.2. The summed E-state index contributed by atoms with van der Waals surface area (Å²) in [6.07, 6.45) is 0. The fraction of sp³-hybridized carbons (Fsp3) is 0.263. The summed E-state index contributed by atoms with van der Waals surface area (Å²) >= 11 is 0. The number of amides is 2. The molecule has 2 rings (SSSR count). The van der Waals surface area contributed by atoms with Gasteiger partial charge in [-0.3, -0.25) is 0 Å². The van der Waals surface area contributed by atoms with Crippen molar-refractivity contribution >= 4 is 17.7 Å². The Morgan fingerprint density at radius 2 is 1.60 bits per heavy atom. The molecule has 0 atom stereocenters. The van der Waals surface area contributed by atoms with E-state index in [4.69, 9.17) is 5.11 Å². The molecule has 132 valence electrons. The summed E-state index contributed by atoms with van der Waals surface area (Å²) in [5.74, 6) is -0.960. The van der Waals surface area contributed by atoms with Gasteiger partial charge in [0.15, 0.2) is 0 Å². The van der Waals surface area contributed by atoms with Crippen LogP contribution in [0.2, 0.25) is 0 Å². The molecule has 25 heavy (non-hydrogen) atoms. The molecule has 0 bridgehead atoms. The van der Waals surface area contributed by atoms with E-state index in [-0.39, 0.29) is 11.6 Å². The van der Waals surface area contributed by atoms with Crippen LogP contribution in [-0.2, 0) is 6.54 Å². The highest BCUT2D eigenvalue weighted by atomic mass is 16.4. The van der Waals surface area contributed by atoms with Crippen LogP contribution in [0.15, 0.2) is 54.6 Å². The van der Waals surface area contributed by atoms with Gasteiger partial charge in [0.2, 0.25) is 0 Å². The van der Waals surface area contributed by atoms with Crippen molar-refractivity contribution < 1.29 is 14.7 Å². The molecular formula is C19H23N3O3. The molecule has 0 unspecified atom stereocenters. The number of nitrogens with one attached hydrogen (secondary N) is 1. The summed E-state index contributed by atoms with van der Waals surface area (Å²) in [6.45, 7) is 1.67. The Morgan fingerprint density at radius 1 is 0.960 bits per heavy atom. The number of carbonyl (C=O) groups is 2. The van der Waals surface area contributed by atoms with Crippen LogP contribution >= 0.6 is 0 Å². The van der Waals surface area contributed by atoms with Crippen LogP contribution in [-0.4, -0.2) is 49.2 Å². The highest BCUT2D eigenvalue weighted by molar-refractivity contribution is 5.87. The summed E-state index contributed by atoms with van der Waals surface area (Å²) in [7, 11) is 3.74. The lowest BCUT2D eigenvalue weighted by Crippen LogP contribution is -2.40. The average Bonchev–Trinajstić information content (AvgIpc) is 2.64. The first kappa shape index (κ1) is 18.3. The van der Waals surface area contributed by atoms with Gasteiger partial charge in [-0.15, -0.1) is 0 Å². The maximum Gasteiger partial charge on any atom is 0.335 e. The number of anilines is 1. The first-order valence-electron chi connectivity index (χ1n) is 8.05. The van der Waals surface area contributed by atoms with E-state index in [1.54, 1.807) is 24.1 Å². The van der Waals surface area contributed by atoms with Gasteiger partial charge in [-0.25, -0.2) is 9.59 Å². The van der Waals surface area contributed by atoms with Gasteiger partial charge in [-0.1, -0.05) is 30.3 Å². The summed E-state index contributed by atoms with van der Waals surface area (Å²) < 4.78 is 0. The third kappa shape index (κ3) is 5.53. The lowest BCUT2D eigenvalue weighted by atomic mass is 10.1. The Kier molecular flexibility index (Phi) is 6.39. The van der Waals surface area contributed by atoms with Crippen LogP contribution in [0, 0.1) is 0 Å². The molecule has 6 nitrogen and oxygen atoms in total. The number of carbonyl (C=O) groups excluding carboxylic acids is 1. The molecule has 0 aromatic heterocycles. The number of carboxylic acids is 1. The number of hydrogen-bond acceptors (Lipinski definition) is 3. The van der Waals surface area contributed by atoms with Crippen molar-refractivity contribution in [3.63, 3.8) is 0 Å². The molecule has 0 aliphatic heterocycles. The summed E-state index contributed by atoms with van der Waals surface area (Å²) in [5.41, 5.74) is 2.19. The zero-order valence-corrected chi connectivity index (χ0v) is 14.5. The van der Waals surface area contributed by atoms with E-state index >= 15 is 0 Å². The molecule has 0 radical (unpaired) electrons. The van der Waals surface area contributed by atoms with Crippen molar-refractivity contribution in [3.05, 3.63) is 65.7 Å². The zero-order chi connectivity index (χ0) is 18.2. The van der Waals surface area contributed by atoms with Gasteiger partial charge < -0.3 is 20.2 Å². The predicted molar refractivity (Wildman–Crippen MR) is 98.0 cm³/mol. The van der Waals surface area contributed by atoms with Gasteiger partial charge in [-0.05, 0) is 29.8 Å². The standard InChI is InChI=1S/C19H23N3O3/c1-21(17-6-4-3-5-7-17)12-13-22(2)19(25)20-14-15-8-10-16(11-9-15)18(23)24/h3-11H,12-14H2,1-2H3,(H,20,25)(H,23,24). The average molecular weight is 341 g/mol. The van der Waals surface area contributed by atoms with Crippen LogP contribution in [0.3, 0.4) is 0 Å². The van der Waals surface area contributed by atoms with Gasteiger partial charge in [-0.2, -0.15) is 0 Å². The van der Waals surface area contributed by atoms with Crippen molar-refractivity contribution in [1.82, 2.24) is 10.2 Å². The smallest absolute Gasteiger partial charge is 0.335 e. The van der Waals surface area contributed by atoms with Crippen LogP contribution in [0.25, 0.3) is 0 Å². The number of para-hydroxylation sites is 1. The Balaban J connectivity index is 1.77. The van der Waals surface area contributed by atoms with Crippen molar-refractivity contribution in [2.75, 3.05) is 32.1 Å². The lowest BCUT2D eigenvalue weighted by Gasteiger charge is -2.24. The molecule has 2 aromatic carbocycles. The zero-order valence-electron chi connectivity index (χ0n) is 14.5. The van der Waals surface area contributed by atoms with Crippen molar-refractivity contribution in [2.45, 2.75) is 6.54 Å². The molecule has 0 saturated heterocycles. The van der Waals surface area contributed by atoms with E-state index in [2.05, 4.69) is 10.2 Å². The molecule has 0 aliphatic carbocycles. The van der Waals surface area contributed by atoms with Crippen molar-refractivity contribution in [1.29, 1.82) is 0 Å². The molecule has 6 heteroatoms. The first-order chi connectivity index (χ1) is 12.0. The summed E-state index contributed by atoms with van der Waals surface area (Å²) in [4.78, 5) is 26.7. The Morgan fingerprint density at radius 3 is 2.20 bits per heavy atom. The first-order valence-corrected chi connectivity index (χ1v) is 8.05. The second-order valence-electron chi connectivity index (χ2n) is 5.84. The van der Waals surface area contributed by atoms with Crippen molar-refractivity contribution in [2.24, 2.45) is 0 Å². The SMILES string of the molecule is CN(CCN(C)c1ccccc1)C(=O)NCc1ccc(C(=O)O)cc1. The minimum Gasteiger partial charge on any atom is -0.478 e. The van der Waals surface area contributed by atoms with Crippen molar-refractivity contribution in [3.8, 4) is 0 Å². The Labute approximate surface area is 147 Å². The van der Waals surface area contributed by atoms with E-state index in [1.807, 2.05) is 37.4 Å². The Hall–Kier alpha value is -3.02. The molecule has 0 aliphatic rings. The number of aromatic carboxylic acids is 1. The minimum atomic E-state index is -0.960. The van der Waals surface area contributed by atoms with Crippen LogP contribution in [0.5, 0.6) is 0 Å². The third-order valence-electron chi connectivity index (χ3n) is 3.96. The molecule has 0 saturated carbocycles. The highest BCUT2D eigenvalue weighted by Crippen LogP contribution is 2.10. The number of benzene rings is 2. The van der Waals surface area contributed by atoms with E-state index in [9.17, 15) is 9.59 Å². The van der Waals surface area contributed by atoms with Gasteiger partial charge in [0.05, 0.1) is 5.56 Å². The number of hydrogen-bond donors (Lipinski definition) is 2. The van der Waals surface area contributed by atoms with Crippen LogP contribution in [0.4, 0.5) is 10.5 Å². The van der Waals surface area contributed by atoms with E-state index in [0.717, 1.165) is 17.8 Å². The Bertz CT molecular complexity index is 702. The molecule has 2 amide bonds. The number of urea groups is 1. The van der Waals surface area contributed by atoms with E-state index < -0.39 is 5.97 Å². The summed E-state index contributed by atoms with van der Waals surface area (Å²) in [5, 5.41) is 11.7. The van der Waals surface area contributed by atoms with Crippen LogP contribution < -0.4 is 10.2 Å². The summed E-state index contributed by atoms with van der Waals surface area (Å²) in [6, 6.07) is 16.3. The van der Waals surface area contributed by atoms with Gasteiger partial charge in [0, 0.05) is 39.4 Å².